The van der Waals surface area contributed by atoms with Crippen molar-refractivity contribution in [2.24, 2.45) is 0 Å². The molecule has 0 spiro atoms. The number of nitrogens with one attached hydrogen (secondary N) is 1. The van der Waals surface area contributed by atoms with Gasteiger partial charge in [0.1, 0.15) is 0 Å². The van der Waals surface area contributed by atoms with Crippen LogP contribution in [0.3, 0.4) is 0 Å². The number of rotatable bonds is 8. The summed E-state index contributed by atoms with van der Waals surface area (Å²) in [6.45, 7) is 6.72. The summed E-state index contributed by atoms with van der Waals surface area (Å²) in [5.74, 6) is 0. The molecule has 2 nitrogen and oxygen atoms in total. The van der Waals surface area contributed by atoms with Gasteiger partial charge in [-0.2, -0.15) is 0 Å². The zero-order chi connectivity index (χ0) is 13.7. The summed E-state index contributed by atoms with van der Waals surface area (Å²) in [4.78, 5) is 2.46. The number of benzene rings is 1. The number of aryl methyl sites for hydroxylation is 1. The van der Waals surface area contributed by atoms with Crippen LogP contribution in [0.5, 0.6) is 0 Å². The Kier molecular flexibility index (Phi) is 5.41. The zero-order valence-corrected chi connectivity index (χ0v) is 12.7. The third-order valence-corrected chi connectivity index (χ3v) is 4.11. The molecular formula is C17H28N2. The monoisotopic (exact) mass is 260 g/mol. The molecule has 2 heteroatoms. The van der Waals surface area contributed by atoms with Crippen molar-refractivity contribution >= 4 is 0 Å². The Hall–Kier alpha value is -0.860. The van der Waals surface area contributed by atoms with E-state index in [2.05, 4.69) is 55.4 Å². The fourth-order valence-corrected chi connectivity index (χ4v) is 2.35. The minimum absolute atomic E-state index is 0.655. The second-order valence-electron chi connectivity index (χ2n) is 6.12. The van der Waals surface area contributed by atoms with Crippen LogP contribution in [0.2, 0.25) is 0 Å². The lowest BCUT2D eigenvalue weighted by molar-refractivity contribution is 0.234. The lowest BCUT2D eigenvalue weighted by atomic mass is 10.1. The number of hydrogen-bond acceptors (Lipinski definition) is 2. The van der Waals surface area contributed by atoms with E-state index in [1.165, 1.54) is 43.4 Å². The second kappa shape index (κ2) is 7.06. The maximum absolute atomic E-state index is 3.59. The van der Waals surface area contributed by atoms with Crippen LogP contribution < -0.4 is 5.32 Å². The molecule has 0 radical (unpaired) electrons. The molecule has 1 aromatic rings. The predicted octanol–water partition coefficient (Wildman–Crippen LogP) is 3.35. The maximum atomic E-state index is 3.59. The van der Waals surface area contributed by atoms with Gasteiger partial charge >= 0.3 is 0 Å². The minimum Gasteiger partial charge on any atom is -0.314 e. The second-order valence-corrected chi connectivity index (χ2v) is 6.12. The summed E-state index contributed by atoms with van der Waals surface area (Å²) in [5.41, 5.74) is 2.75. The Morgan fingerprint density at radius 1 is 1.26 bits per heavy atom. The molecular weight excluding hydrogens is 232 g/mol. The van der Waals surface area contributed by atoms with Crippen molar-refractivity contribution in [3.63, 3.8) is 0 Å². The molecule has 0 aliphatic heterocycles. The number of hydrogen-bond donors (Lipinski definition) is 1. The number of nitrogens with zero attached hydrogens (tertiary/aromatic N) is 1. The van der Waals surface area contributed by atoms with Crippen LogP contribution in [0.1, 0.15) is 43.7 Å². The molecule has 0 aromatic heterocycles. The standard InChI is InChI=1S/C17H28N2/c1-14-6-8-16(9-7-14)13-19(3)15(2)5-4-12-18-17-10-11-17/h6-9,15,17-18H,4-5,10-13H2,1-3H3. The first-order valence-corrected chi connectivity index (χ1v) is 7.64. The van der Waals surface area contributed by atoms with Crippen molar-refractivity contribution < 1.29 is 0 Å². The summed E-state index contributed by atoms with van der Waals surface area (Å²) in [6.07, 6.45) is 5.35. The van der Waals surface area contributed by atoms with Crippen LogP contribution in [-0.2, 0) is 6.54 Å². The van der Waals surface area contributed by atoms with Crippen molar-refractivity contribution in [1.29, 1.82) is 0 Å². The van der Waals surface area contributed by atoms with Crippen LogP contribution in [0.15, 0.2) is 24.3 Å². The van der Waals surface area contributed by atoms with Crippen molar-refractivity contribution in [3.8, 4) is 0 Å². The fourth-order valence-electron chi connectivity index (χ4n) is 2.35. The largest absolute Gasteiger partial charge is 0.314 e. The molecule has 0 heterocycles. The molecule has 1 N–H and O–H groups in total. The SMILES string of the molecule is Cc1ccc(CN(C)C(C)CCCNC2CC2)cc1. The van der Waals surface area contributed by atoms with E-state index in [-0.39, 0.29) is 0 Å². The van der Waals surface area contributed by atoms with E-state index in [9.17, 15) is 0 Å². The summed E-state index contributed by atoms with van der Waals surface area (Å²) in [6, 6.07) is 10.4. The van der Waals surface area contributed by atoms with Crippen molar-refractivity contribution in [2.75, 3.05) is 13.6 Å². The van der Waals surface area contributed by atoms with Crippen molar-refractivity contribution in [1.82, 2.24) is 10.2 Å². The molecule has 1 atom stereocenters. The lowest BCUT2D eigenvalue weighted by Gasteiger charge is -2.25. The molecule has 106 valence electrons. The Labute approximate surface area is 118 Å². The van der Waals surface area contributed by atoms with E-state index in [0.717, 1.165) is 12.6 Å². The molecule has 0 amide bonds. The van der Waals surface area contributed by atoms with Gasteiger partial charge in [-0.15, -0.1) is 0 Å². The molecule has 0 bridgehead atoms. The Morgan fingerprint density at radius 2 is 1.95 bits per heavy atom. The van der Waals surface area contributed by atoms with Gasteiger partial charge in [0.15, 0.2) is 0 Å². The Bertz CT molecular complexity index is 367. The molecule has 1 fully saturated rings. The van der Waals surface area contributed by atoms with Crippen molar-refractivity contribution in [2.45, 2.75) is 58.2 Å². The third kappa shape index (κ3) is 5.33. The van der Waals surface area contributed by atoms with E-state index in [0.29, 0.717) is 6.04 Å². The Balaban J connectivity index is 1.65. The van der Waals surface area contributed by atoms with Crippen LogP contribution in [-0.4, -0.2) is 30.6 Å². The van der Waals surface area contributed by atoms with Gasteiger partial charge < -0.3 is 5.32 Å². The van der Waals surface area contributed by atoms with Gasteiger partial charge in [-0.05, 0) is 58.7 Å². The van der Waals surface area contributed by atoms with Gasteiger partial charge in [-0.25, -0.2) is 0 Å². The highest BCUT2D eigenvalue weighted by Gasteiger charge is 2.19. The summed E-state index contributed by atoms with van der Waals surface area (Å²) in [5, 5.41) is 3.59. The van der Waals surface area contributed by atoms with E-state index in [4.69, 9.17) is 0 Å². The summed E-state index contributed by atoms with van der Waals surface area (Å²) < 4.78 is 0. The average molecular weight is 260 g/mol. The first kappa shape index (κ1) is 14.5. The first-order chi connectivity index (χ1) is 9.15. The third-order valence-electron chi connectivity index (χ3n) is 4.11. The van der Waals surface area contributed by atoms with E-state index < -0.39 is 0 Å². The fraction of sp³-hybridized carbons (Fsp3) is 0.647. The van der Waals surface area contributed by atoms with Gasteiger partial charge in [-0.1, -0.05) is 29.8 Å². The van der Waals surface area contributed by atoms with Crippen LogP contribution in [0.25, 0.3) is 0 Å². The van der Waals surface area contributed by atoms with Crippen LogP contribution >= 0.6 is 0 Å². The van der Waals surface area contributed by atoms with Gasteiger partial charge in [0.2, 0.25) is 0 Å². The first-order valence-electron chi connectivity index (χ1n) is 7.64. The van der Waals surface area contributed by atoms with Gasteiger partial charge in [-0.3, -0.25) is 4.90 Å². The molecule has 2 rings (SSSR count). The minimum atomic E-state index is 0.655. The highest BCUT2D eigenvalue weighted by molar-refractivity contribution is 5.21. The molecule has 1 unspecified atom stereocenters. The highest BCUT2D eigenvalue weighted by atomic mass is 15.1. The lowest BCUT2D eigenvalue weighted by Crippen LogP contribution is -2.29. The molecule has 1 aliphatic carbocycles. The summed E-state index contributed by atoms with van der Waals surface area (Å²) >= 11 is 0. The Morgan fingerprint density at radius 3 is 2.58 bits per heavy atom. The summed E-state index contributed by atoms with van der Waals surface area (Å²) in [7, 11) is 2.23. The zero-order valence-electron chi connectivity index (χ0n) is 12.7. The van der Waals surface area contributed by atoms with E-state index in [1.54, 1.807) is 0 Å². The van der Waals surface area contributed by atoms with Gasteiger partial charge in [0.25, 0.3) is 0 Å². The molecule has 1 aliphatic rings. The molecule has 1 saturated carbocycles. The van der Waals surface area contributed by atoms with Crippen LogP contribution in [0.4, 0.5) is 0 Å². The topological polar surface area (TPSA) is 15.3 Å². The van der Waals surface area contributed by atoms with Gasteiger partial charge in [0, 0.05) is 18.6 Å². The maximum Gasteiger partial charge on any atom is 0.0233 e. The predicted molar refractivity (Wildman–Crippen MR) is 82.4 cm³/mol. The molecule has 0 saturated heterocycles. The van der Waals surface area contributed by atoms with Crippen LogP contribution in [0, 0.1) is 6.92 Å². The normalized spacial score (nSPS) is 16.8. The average Bonchev–Trinajstić information content (AvgIpc) is 3.21. The molecule has 1 aromatic carbocycles. The smallest absolute Gasteiger partial charge is 0.0233 e. The van der Waals surface area contributed by atoms with E-state index >= 15 is 0 Å². The quantitative estimate of drug-likeness (QED) is 0.721. The van der Waals surface area contributed by atoms with Crippen molar-refractivity contribution in [3.05, 3.63) is 35.4 Å². The van der Waals surface area contributed by atoms with E-state index in [1.807, 2.05) is 0 Å². The molecule has 19 heavy (non-hydrogen) atoms. The highest BCUT2D eigenvalue weighted by Crippen LogP contribution is 2.18. The van der Waals surface area contributed by atoms with Gasteiger partial charge in [0.05, 0.1) is 0 Å².